The van der Waals surface area contributed by atoms with E-state index in [4.69, 9.17) is 0 Å². The normalized spacial score (nSPS) is 17.7. The summed E-state index contributed by atoms with van der Waals surface area (Å²) in [5.41, 5.74) is 2.55. The van der Waals surface area contributed by atoms with E-state index in [1.807, 2.05) is 35.4 Å². The molecule has 2 aliphatic rings. The fourth-order valence-electron chi connectivity index (χ4n) is 3.22. The Morgan fingerprint density at radius 3 is 2.48 bits per heavy atom. The second-order valence-electron chi connectivity index (χ2n) is 7.43. The number of hydrogen-bond donors (Lipinski definition) is 1. The number of piperazine rings is 1. The Bertz CT molecular complexity index is 817. The molecule has 1 saturated carbocycles. The Hall–Kier alpha value is -2.67. The maximum Gasteiger partial charge on any atom is 0.253 e. The molecular formula is C20H25N5O2. The average Bonchev–Trinajstić information content (AvgIpc) is 3.44. The van der Waals surface area contributed by atoms with Crippen LogP contribution in [0.3, 0.4) is 0 Å². The molecule has 1 saturated heterocycles. The van der Waals surface area contributed by atoms with Crippen molar-refractivity contribution in [1.82, 2.24) is 24.9 Å². The Balaban J connectivity index is 1.37. The summed E-state index contributed by atoms with van der Waals surface area (Å²) in [6.07, 6.45) is 5.68. The number of likely N-dealkylation sites (N-methyl/N-ethyl adjacent to an activating group) is 1. The lowest BCUT2D eigenvalue weighted by molar-refractivity contribution is -0.122. The Morgan fingerprint density at radius 2 is 1.81 bits per heavy atom. The third-order valence-electron chi connectivity index (χ3n) is 5.22. The van der Waals surface area contributed by atoms with Crippen LogP contribution < -0.4 is 5.32 Å². The molecule has 1 aliphatic carbocycles. The summed E-state index contributed by atoms with van der Waals surface area (Å²) < 4.78 is 1.77. The van der Waals surface area contributed by atoms with Crippen molar-refractivity contribution >= 4 is 11.8 Å². The van der Waals surface area contributed by atoms with Crippen LogP contribution in [0.1, 0.15) is 28.8 Å². The number of hydrogen-bond acceptors (Lipinski definition) is 4. The fourth-order valence-corrected chi connectivity index (χ4v) is 3.22. The molecule has 4 rings (SSSR count). The number of nitrogens with zero attached hydrogens (tertiary/aromatic N) is 4. The van der Waals surface area contributed by atoms with Crippen LogP contribution in [0.25, 0.3) is 5.69 Å². The Morgan fingerprint density at radius 1 is 1.11 bits per heavy atom. The summed E-state index contributed by atoms with van der Waals surface area (Å²) >= 11 is 0. The van der Waals surface area contributed by atoms with Gasteiger partial charge in [0.2, 0.25) is 5.91 Å². The first kappa shape index (κ1) is 17.7. The highest BCUT2D eigenvalue weighted by molar-refractivity contribution is 5.94. The van der Waals surface area contributed by atoms with E-state index in [0.29, 0.717) is 12.1 Å². The fraction of sp³-hybridized carbons (Fsp3) is 0.450. The van der Waals surface area contributed by atoms with Crippen molar-refractivity contribution in [3.63, 3.8) is 0 Å². The van der Waals surface area contributed by atoms with Crippen LogP contribution >= 0.6 is 0 Å². The van der Waals surface area contributed by atoms with Gasteiger partial charge in [0, 0.05) is 56.0 Å². The number of carbonyl (C=O) groups excluding carboxylic acids is 2. The van der Waals surface area contributed by atoms with Gasteiger partial charge in [-0.25, -0.2) is 4.68 Å². The largest absolute Gasteiger partial charge is 0.352 e. The minimum atomic E-state index is 0.0820. The van der Waals surface area contributed by atoms with Gasteiger partial charge in [0.15, 0.2) is 0 Å². The minimum absolute atomic E-state index is 0.0820. The van der Waals surface area contributed by atoms with E-state index in [9.17, 15) is 9.59 Å². The van der Waals surface area contributed by atoms with Gasteiger partial charge >= 0.3 is 0 Å². The number of benzene rings is 1. The SMILES string of the molecule is CN1CCN(C(=O)c2ccc(-n3cc(CNC(=O)C4CC4)cn3)cc2)CC1. The van der Waals surface area contributed by atoms with Gasteiger partial charge in [-0.15, -0.1) is 0 Å². The zero-order chi connectivity index (χ0) is 18.8. The predicted molar refractivity (Wildman–Crippen MR) is 102 cm³/mol. The molecule has 7 nitrogen and oxygen atoms in total. The molecule has 0 unspecified atom stereocenters. The molecule has 2 heterocycles. The van der Waals surface area contributed by atoms with Crippen LogP contribution in [-0.4, -0.2) is 64.6 Å². The molecule has 1 aliphatic heterocycles. The summed E-state index contributed by atoms with van der Waals surface area (Å²) in [5.74, 6) is 0.429. The van der Waals surface area contributed by atoms with E-state index in [1.165, 1.54) is 0 Å². The summed E-state index contributed by atoms with van der Waals surface area (Å²) in [6, 6.07) is 7.52. The number of carbonyl (C=O) groups is 2. The Kier molecular flexibility index (Phi) is 4.94. The summed E-state index contributed by atoms with van der Waals surface area (Å²) in [7, 11) is 2.08. The highest BCUT2D eigenvalue weighted by atomic mass is 16.2. The van der Waals surface area contributed by atoms with Crippen LogP contribution in [0.15, 0.2) is 36.7 Å². The number of amides is 2. The van der Waals surface area contributed by atoms with Crippen LogP contribution in [0.5, 0.6) is 0 Å². The summed E-state index contributed by atoms with van der Waals surface area (Å²) in [5, 5.41) is 7.31. The molecule has 142 valence electrons. The zero-order valence-corrected chi connectivity index (χ0v) is 15.6. The third kappa shape index (κ3) is 4.19. The summed E-state index contributed by atoms with van der Waals surface area (Å²) in [4.78, 5) is 28.5. The standard InChI is InChI=1S/C20H25N5O2/c1-23-8-10-24(11-9-23)20(27)17-4-6-18(7-5-17)25-14-15(13-22-25)12-21-19(26)16-2-3-16/h4-7,13-14,16H,2-3,8-12H2,1H3,(H,21,26). The highest BCUT2D eigenvalue weighted by Crippen LogP contribution is 2.28. The molecule has 7 heteroatoms. The number of rotatable bonds is 5. The van der Waals surface area contributed by atoms with E-state index < -0.39 is 0 Å². The van der Waals surface area contributed by atoms with Crippen LogP contribution in [0.4, 0.5) is 0 Å². The minimum Gasteiger partial charge on any atom is -0.352 e. The van der Waals surface area contributed by atoms with Crippen LogP contribution in [0.2, 0.25) is 0 Å². The van der Waals surface area contributed by atoms with E-state index in [2.05, 4.69) is 22.4 Å². The van der Waals surface area contributed by atoms with Gasteiger partial charge in [0.1, 0.15) is 0 Å². The molecule has 1 N–H and O–H groups in total. The lowest BCUT2D eigenvalue weighted by Crippen LogP contribution is -2.47. The maximum absolute atomic E-state index is 12.6. The van der Waals surface area contributed by atoms with Crippen molar-refractivity contribution in [3.05, 3.63) is 47.8 Å². The lowest BCUT2D eigenvalue weighted by Gasteiger charge is -2.32. The second-order valence-corrected chi connectivity index (χ2v) is 7.43. The van der Waals surface area contributed by atoms with Gasteiger partial charge in [0.25, 0.3) is 5.91 Å². The molecule has 27 heavy (non-hydrogen) atoms. The molecule has 1 aromatic heterocycles. The van der Waals surface area contributed by atoms with Crippen molar-refractivity contribution in [2.45, 2.75) is 19.4 Å². The van der Waals surface area contributed by atoms with E-state index >= 15 is 0 Å². The average molecular weight is 367 g/mol. The monoisotopic (exact) mass is 367 g/mol. The molecule has 0 radical (unpaired) electrons. The third-order valence-corrected chi connectivity index (χ3v) is 5.22. The van der Waals surface area contributed by atoms with Gasteiger partial charge in [0.05, 0.1) is 11.9 Å². The molecule has 0 bridgehead atoms. The lowest BCUT2D eigenvalue weighted by atomic mass is 10.1. The van der Waals surface area contributed by atoms with Crippen molar-refractivity contribution in [2.75, 3.05) is 33.2 Å². The summed E-state index contributed by atoms with van der Waals surface area (Å²) in [6.45, 7) is 3.86. The van der Waals surface area contributed by atoms with Crippen molar-refractivity contribution in [2.24, 2.45) is 5.92 Å². The van der Waals surface area contributed by atoms with E-state index in [0.717, 1.165) is 50.3 Å². The predicted octanol–water partition coefficient (Wildman–Crippen LogP) is 1.29. The first-order valence-electron chi connectivity index (χ1n) is 9.49. The number of nitrogens with one attached hydrogen (secondary N) is 1. The van der Waals surface area contributed by atoms with E-state index in [-0.39, 0.29) is 17.7 Å². The Labute approximate surface area is 158 Å². The number of aromatic nitrogens is 2. The topological polar surface area (TPSA) is 70.5 Å². The molecule has 0 spiro atoms. The van der Waals surface area contributed by atoms with Crippen molar-refractivity contribution in [3.8, 4) is 5.69 Å². The quantitative estimate of drug-likeness (QED) is 0.864. The molecule has 1 aromatic carbocycles. The van der Waals surface area contributed by atoms with Crippen LogP contribution in [0, 0.1) is 5.92 Å². The molecule has 0 atom stereocenters. The zero-order valence-electron chi connectivity index (χ0n) is 15.6. The smallest absolute Gasteiger partial charge is 0.253 e. The first-order chi connectivity index (χ1) is 13.1. The molecule has 2 fully saturated rings. The molecular weight excluding hydrogens is 342 g/mol. The van der Waals surface area contributed by atoms with Gasteiger partial charge in [-0.05, 0) is 44.2 Å². The highest BCUT2D eigenvalue weighted by Gasteiger charge is 2.29. The van der Waals surface area contributed by atoms with Gasteiger partial charge in [-0.3, -0.25) is 9.59 Å². The van der Waals surface area contributed by atoms with E-state index in [1.54, 1.807) is 10.9 Å². The maximum atomic E-state index is 12.6. The van der Waals surface area contributed by atoms with Gasteiger partial charge in [-0.2, -0.15) is 5.10 Å². The van der Waals surface area contributed by atoms with Crippen molar-refractivity contribution in [1.29, 1.82) is 0 Å². The van der Waals surface area contributed by atoms with Crippen LogP contribution in [-0.2, 0) is 11.3 Å². The van der Waals surface area contributed by atoms with Gasteiger partial charge in [-0.1, -0.05) is 0 Å². The second kappa shape index (κ2) is 7.52. The first-order valence-corrected chi connectivity index (χ1v) is 9.49. The molecule has 2 amide bonds. The van der Waals surface area contributed by atoms with Crippen molar-refractivity contribution < 1.29 is 9.59 Å². The van der Waals surface area contributed by atoms with Gasteiger partial charge < -0.3 is 15.1 Å². The molecule has 2 aromatic rings.